The molecule has 27 heavy (non-hydrogen) atoms. The van der Waals surface area contributed by atoms with Crippen LogP contribution in [0.2, 0.25) is 0 Å². The number of piperidine rings is 1. The van der Waals surface area contributed by atoms with Crippen molar-refractivity contribution in [2.24, 2.45) is 17.3 Å². The number of likely N-dealkylation sites (N-methyl/N-ethyl adjacent to an activating group) is 1. The molecule has 7 atom stereocenters. The van der Waals surface area contributed by atoms with E-state index in [1.165, 1.54) is 54.6 Å². The van der Waals surface area contributed by atoms with Gasteiger partial charge in [0.05, 0.1) is 43.6 Å². The highest BCUT2D eigenvalue weighted by Gasteiger charge is 2.90. The molecule has 2 saturated carbocycles. The fourth-order valence-electron chi connectivity index (χ4n) is 9.47. The normalized spacial score (nSPS) is 50.7. The van der Waals surface area contributed by atoms with E-state index in [-0.39, 0.29) is 28.3 Å². The number of carbonyl (C=O) groups is 1. The van der Waals surface area contributed by atoms with Crippen LogP contribution in [0.1, 0.15) is 45.1 Å². The Morgan fingerprint density at radius 1 is 1.30 bits per heavy atom. The fraction of sp³-hybridized carbons (Fsp3) is 0.696. The van der Waals surface area contributed by atoms with Crippen LogP contribution in [0, 0.1) is 17.3 Å². The number of rotatable bonds is 2. The highest BCUT2D eigenvalue weighted by molar-refractivity contribution is 5.82. The molecule has 1 N–H and O–H groups in total. The van der Waals surface area contributed by atoms with Gasteiger partial charge in [-0.3, -0.25) is 4.79 Å². The number of anilines is 1. The van der Waals surface area contributed by atoms with Crippen LogP contribution in [0.15, 0.2) is 24.3 Å². The summed E-state index contributed by atoms with van der Waals surface area (Å²) in [6.45, 7) is 8.66. The van der Waals surface area contributed by atoms with E-state index in [0.717, 1.165) is 6.42 Å². The second-order valence-electron chi connectivity index (χ2n) is 9.98. The molecule has 4 heteroatoms. The van der Waals surface area contributed by atoms with Crippen LogP contribution in [-0.2, 0) is 14.9 Å². The first-order valence-corrected chi connectivity index (χ1v) is 10.8. The number of hydrogen-bond acceptors (Lipinski definition) is 3. The van der Waals surface area contributed by atoms with Crippen LogP contribution < -0.4 is 5.32 Å². The number of benzene rings is 1. The SMILES string of the molecule is CC[N@@+]12CCC[C@@]34C[C@@H](C(=O)OC)[C@]5(Nc6ccccc6[C@]5(CC1)[C@H]32)[C@@H]4C. The Hall–Kier alpha value is -1.55. The van der Waals surface area contributed by atoms with Crippen molar-refractivity contribution >= 4 is 11.7 Å². The number of esters is 1. The van der Waals surface area contributed by atoms with Gasteiger partial charge in [0.1, 0.15) is 6.04 Å². The minimum Gasteiger partial charge on any atom is -0.469 e. The van der Waals surface area contributed by atoms with Crippen LogP contribution in [0.25, 0.3) is 0 Å². The fourth-order valence-corrected chi connectivity index (χ4v) is 9.47. The van der Waals surface area contributed by atoms with Crippen LogP contribution >= 0.6 is 0 Å². The van der Waals surface area contributed by atoms with Gasteiger partial charge in [-0.2, -0.15) is 0 Å². The third kappa shape index (κ3) is 1.38. The number of nitrogens with zero attached hydrogens (tertiary/aromatic N) is 1. The van der Waals surface area contributed by atoms with Crippen molar-refractivity contribution in [3.63, 3.8) is 0 Å². The summed E-state index contributed by atoms with van der Waals surface area (Å²) < 4.78 is 6.66. The Morgan fingerprint density at radius 2 is 2.11 bits per heavy atom. The van der Waals surface area contributed by atoms with Crippen molar-refractivity contribution in [2.45, 2.75) is 56.5 Å². The zero-order valence-electron chi connectivity index (χ0n) is 16.8. The molecule has 2 bridgehead atoms. The Labute approximate surface area is 161 Å². The number of methoxy groups -OCH3 is 1. The molecule has 4 fully saturated rings. The summed E-state index contributed by atoms with van der Waals surface area (Å²) in [5.74, 6) is 0.469. The van der Waals surface area contributed by atoms with E-state index in [1.54, 1.807) is 7.11 Å². The molecule has 4 nitrogen and oxygen atoms in total. The molecule has 6 rings (SSSR count). The van der Waals surface area contributed by atoms with E-state index in [4.69, 9.17) is 4.74 Å². The summed E-state index contributed by atoms with van der Waals surface area (Å²) in [5.41, 5.74) is 2.94. The van der Waals surface area contributed by atoms with Crippen molar-refractivity contribution in [1.29, 1.82) is 0 Å². The van der Waals surface area contributed by atoms with Crippen molar-refractivity contribution in [1.82, 2.24) is 0 Å². The van der Waals surface area contributed by atoms with Gasteiger partial charge in [-0.25, -0.2) is 0 Å². The second-order valence-corrected chi connectivity index (χ2v) is 9.98. The number of para-hydroxylation sites is 1. The smallest absolute Gasteiger partial charge is 0.311 e. The first-order valence-electron chi connectivity index (χ1n) is 10.8. The molecule has 0 radical (unpaired) electrons. The molecule has 5 aliphatic rings. The summed E-state index contributed by atoms with van der Waals surface area (Å²) in [7, 11) is 1.57. The molecule has 144 valence electrons. The number of hydrogen-bond donors (Lipinski definition) is 1. The lowest BCUT2D eigenvalue weighted by Crippen LogP contribution is -2.68. The maximum absolute atomic E-state index is 13.1. The van der Waals surface area contributed by atoms with Crippen LogP contribution in [0.4, 0.5) is 5.69 Å². The molecule has 1 aromatic rings. The van der Waals surface area contributed by atoms with Gasteiger partial charge in [0.25, 0.3) is 0 Å². The Morgan fingerprint density at radius 3 is 2.89 bits per heavy atom. The molecule has 2 saturated heterocycles. The lowest BCUT2D eigenvalue weighted by Gasteiger charge is -2.55. The molecular formula is C23H31N2O2+. The van der Waals surface area contributed by atoms with Gasteiger partial charge in [0, 0.05) is 17.5 Å². The Kier molecular flexibility index (Phi) is 2.86. The van der Waals surface area contributed by atoms with E-state index < -0.39 is 0 Å². The highest BCUT2D eigenvalue weighted by Crippen LogP contribution is 2.81. The van der Waals surface area contributed by atoms with E-state index in [1.807, 2.05) is 0 Å². The van der Waals surface area contributed by atoms with Gasteiger partial charge in [-0.15, -0.1) is 0 Å². The largest absolute Gasteiger partial charge is 0.469 e. The summed E-state index contributed by atoms with van der Waals surface area (Å²) in [4.78, 5) is 13.1. The van der Waals surface area contributed by atoms with Gasteiger partial charge in [-0.05, 0) is 43.7 Å². The molecular weight excluding hydrogens is 336 g/mol. The van der Waals surface area contributed by atoms with Gasteiger partial charge in [-0.1, -0.05) is 25.1 Å². The number of quaternary nitrogens is 1. The second kappa shape index (κ2) is 4.71. The Balaban J connectivity index is 1.68. The molecule has 3 spiro atoms. The van der Waals surface area contributed by atoms with Crippen molar-refractivity contribution in [3.05, 3.63) is 29.8 Å². The number of nitrogens with one attached hydrogen (secondary N) is 1. The molecule has 0 unspecified atom stereocenters. The molecule has 0 amide bonds. The van der Waals surface area contributed by atoms with Crippen molar-refractivity contribution in [2.75, 3.05) is 32.1 Å². The van der Waals surface area contributed by atoms with Crippen LogP contribution in [0.5, 0.6) is 0 Å². The first-order chi connectivity index (χ1) is 13.0. The van der Waals surface area contributed by atoms with Gasteiger partial charge >= 0.3 is 5.97 Å². The lowest BCUT2D eigenvalue weighted by molar-refractivity contribution is -0.952. The number of carbonyl (C=O) groups excluding carboxylic acids is 1. The summed E-state index contributed by atoms with van der Waals surface area (Å²) in [6, 6.07) is 9.58. The van der Waals surface area contributed by atoms with Crippen molar-refractivity contribution in [3.8, 4) is 0 Å². The Bertz CT molecular complexity index is 855. The molecule has 2 aliphatic carbocycles. The van der Waals surface area contributed by atoms with Crippen LogP contribution in [0.3, 0.4) is 0 Å². The maximum Gasteiger partial charge on any atom is 0.311 e. The third-order valence-electron chi connectivity index (χ3n) is 10.0. The molecule has 3 aliphatic heterocycles. The zero-order valence-corrected chi connectivity index (χ0v) is 16.8. The average molecular weight is 368 g/mol. The van der Waals surface area contributed by atoms with E-state index >= 15 is 0 Å². The minimum absolute atomic E-state index is 0.00364. The predicted octanol–water partition coefficient (Wildman–Crippen LogP) is 3.32. The zero-order chi connectivity index (χ0) is 18.7. The summed E-state index contributed by atoms with van der Waals surface area (Å²) >= 11 is 0. The molecule has 3 heterocycles. The van der Waals surface area contributed by atoms with Crippen LogP contribution in [-0.4, -0.2) is 48.8 Å². The van der Waals surface area contributed by atoms with E-state index in [2.05, 4.69) is 43.4 Å². The maximum atomic E-state index is 13.1. The molecule has 1 aromatic carbocycles. The highest BCUT2D eigenvalue weighted by atomic mass is 16.5. The topological polar surface area (TPSA) is 38.3 Å². The lowest BCUT2D eigenvalue weighted by atomic mass is 9.56. The quantitative estimate of drug-likeness (QED) is 0.644. The van der Waals surface area contributed by atoms with E-state index in [0.29, 0.717) is 12.0 Å². The van der Waals surface area contributed by atoms with Gasteiger partial charge in [0.15, 0.2) is 0 Å². The first kappa shape index (κ1) is 16.4. The minimum atomic E-state index is -0.173. The monoisotopic (exact) mass is 367 g/mol. The number of fused-ring (bicyclic) bond motifs is 1. The van der Waals surface area contributed by atoms with Gasteiger partial charge < -0.3 is 14.5 Å². The third-order valence-corrected chi connectivity index (χ3v) is 10.0. The number of ether oxygens (including phenoxy) is 1. The summed E-state index contributed by atoms with van der Waals surface area (Å²) in [6.07, 6.45) is 4.79. The average Bonchev–Trinajstić information content (AvgIpc) is 3.34. The summed E-state index contributed by atoms with van der Waals surface area (Å²) in [5, 5.41) is 4.02. The molecule has 0 aromatic heterocycles. The van der Waals surface area contributed by atoms with Crippen molar-refractivity contribution < 1.29 is 14.0 Å². The predicted molar refractivity (Wildman–Crippen MR) is 104 cm³/mol. The standard InChI is InChI=1S/C23H31N2O2/c1-4-25-12-7-10-21-14-17(19(26)27-3)23(15(21)2)22(11-13-25,20(21)25)16-8-5-6-9-18(16)24-23/h5-6,8-9,15,17,20,24H,4,7,10-14H2,1-3H3/q+1/t15-,17+,20+,21+,22-,23-,25-/m1/s1. The van der Waals surface area contributed by atoms with E-state index in [9.17, 15) is 4.79 Å². The van der Waals surface area contributed by atoms with Gasteiger partial charge in [0.2, 0.25) is 0 Å².